The van der Waals surface area contributed by atoms with Gasteiger partial charge in [0.05, 0.1) is 0 Å². The molecule has 0 heterocycles. The van der Waals surface area contributed by atoms with E-state index < -0.39 is 5.97 Å². The summed E-state index contributed by atoms with van der Waals surface area (Å²) in [5.41, 5.74) is 0. The Morgan fingerprint density at radius 3 is 1.62 bits per heavy atom. The summed E-state index contributed by atoms with van der Waals surface area (Å²) < 4.78 is 0. The monoisotopic (exact) mass is 462 g/mol. The summed E-state index contributed by atoms with van der Waals surface area (Å²) in [5, 5.41) is 11.7. The fourth-order valence-electron chi connectivity index (χ4n) is 3.78. The van der Waals surface area contributed by atoms with Crippen LogP contribution in [0, 0.1) is 23.0 Å². The molecule has 0 aromatic rings. The molecule has 1 N–H and O–H groups in total. The molecule has 0 saturated carbocycles. The maximum Gasteiger partial charge on any atom is 0.303 e. The third kappa shape index (κ3) is 28.9. The van der Waals surface area contributed by atoms with Gasteiger partial charge < -0.3 is 5.11 Å². The van der Waals surface area contributed by atoms with Gasteiger partial charge in [0.2, 0.25) is 0 Å². The molecule has 0 unspecified atom stereocenters. The van der Waals surface area contributed by atoms with E-state index in [0.29, 0.717) is 6.42 Å². The molecule has 0 atom stereocenters. The number of hydrogen-bond donors (Lipinski definition) is 1. The van der Waals surface area contributed by atoms with E-state index in [-0.39, 0.29) is 0 Å². The lowest BCUT2D eigenvalue weighted by molar-refractivity contribution is -0.137. The van der Waals surface area contributed by atoms with Crippen LogP contribution in [-0.4, -0.2) is 16.8 Å². The minimum Gasteiger partial charge on any atom is -0.481 e. The van der Waals surface area contributed by atoms with Gasteiger partial charge in [-0.3, -0.25) is 4.79 Å². The second kappa shape index (κ2) is 28.0. The van der Waals surface area contributed by atoms with Crippen LogP contribution >= 0.6 is 11.8 Å². The molecule has 0 spiro atoms. The van der Waals surface area contributed by atoms with Gasteiger partial charge in [0, 0.05) is 18.6 Å². The average Bonchev–Trinajstić information content (AvgIpc) is 2.78. The SMILES string of the molecule is CCCCCCCCCCCCCCCCSC#CC#CCCCCCCCCC(=O)O. The Hall–Kier alpha value is -1.06. The number of aliphatic carboxylic acids is 1. The molecule has 0 aliphatic rings. The minimum absolute atomic E-state index is 0.307. The summed E-state index contributed by atoms with van der Waals surface area (Å²) >= 11 is 1.71. The third-order valence-electron chi connectivity index (χ3n) is 5.82. The number of carbonyl (C=O) groups is 1. The number of carboxylic acids is 1. The van der Waals surface area contributed by atoms with Gasteiger partial charge in [-0.15, -0.1) is 0 Å². The number of rotatable bonds is 23. The topological polar surface area (TPSA) is 37.3 Å². The molecule has 184 valence electrons. The fraction of sp³-hybridized carbons (Fsp3) is 0.828. The maximum atomic E-state index is 10.4. The van der Waals surface area contributed by atoms with Gasteiger partial charge >= 0.3 is 5.97 Å². The summed E-state index contributed by atoms with van der Waals surface area (Å²) in [7, 11) is 0. The number of thioether (sulfide) groups is 1. The molecule has 0 bridgehead atoms. The highest BCUT2D eigenvalue weighted by molar-refractivity contribution is 8.03. The smallest absolute Gasteiger partial charge is 0.303 e. The molecular formula is C29H50O2S. The molecule has 0 aromatic carbocycles. The molecule has 0 amide bonds. The van der Waals surface area contributed by atoms with Crippen molar-refractivity contribution >= 4 is 17.7 Å². The van der Waals surface area contributed by atoms with Crippen molar-refractivity contribution in [1.29, 1.82) is 0 Å². The third-order valence-corrected chi connectivity index (χ3v) is 6.56. The highest BCUT2D eigenvalue weighted by Gasteiger charge is 1.96. The number of carboxylic acid groups (broad SMARTS) is 1. The van der Waals surface area contributed by atoms with E-state index in [0.717, 1.165) is 37.9 Å². The fourth-order valence-corrected chi connectivity index (χ4v) is 4.36. The Morgan fingerprint density at radius 2 is 1.09 bits per heavy atom. The Balaban J connectivity index is 3.21. The van der Waals surface area contributed by atoms with Crippen molar-refractivity contribution in [3.63, 3.8) is 0 Å². The van der Waals surface area contributed by atoms with Crippen molar-refractivity contribution in [3.05, 3.63) is 0 Å². The highest BCUT2D eigenvalue weighted by Crippen LogP contribution is 2.13. The molecule has 0 saturated heterocycles. The largest absolute Gasteiger partial charge is 0.481 e. The predicted molar refractivity (Wildman–Crippen MR) is 143 cm³/mol. The summed E-state index contributed by atoms with van der Waals surface area (Å²) in [4.78, 5) is 10.4. The standard InChI is InChI=1S/C29H50O2S/c1-2-3-4-5-6-7-8-9-10-12-15-18-21-24-27-32-28-25-22-19-16-13-11-14-17-20-23-26-29(30)31/h2-18,20-21,23-24,26-27H2,1H3,(H,30,31). The molecule has 0 radical (unpaired) electrons. The first-order valence-corrected chi connectivity index (χ1v) is 14.6. The van der Waals surface area contributed by atoms with E-state index in [9.17, 15) is 4.79 Å². The zero-order chi connectivity index (χ0) is 23.4. The molecule has 0 aliphatic carbocycles. The first-order chi connectivity index (χ1) is 15.8. The maximum absolute atomic E-state index is 10.4. The lowest BCUT2D eigenvalue weighted by atomic mass is 10.0. The predicted octanol–water partition coefficient (Wildman–Crippen LogP) is 9.37. The zero-order valence-corrected chi connectivity index (χ0v) is 21.8. The van der Waals surface area contributed by atoms with Crippen LogP contribution in [0.5, 0.6) is 0 Å². The Morgan fingerprint density at radius 1 is 0.625 bits per heavy atom. The molecule has 0 aromatic heterocycles. The Labute approximate surface area is 204 Å². The van der Waals surface area contributed by atoms with Crippen molar-refractivity contribution in [3.8, 4) is 23.0 Å². The van der Waals surface area contributed by atoms with Crippen molar-refractivity contribution in [2.75, 3.05) is 5.75 Å². The van der Waals surface area contributed by atoms with Crippen LogP contribution in [0.4, 0.5) is 0 Å². The van der Waals surface area contributed by atoms with Crippen LogP contribution in [0.1, 0.15) is 148 Å². The van der Waals surface area contributed by atoms with E-state index in [1.807, 2.05) is 0 Å². The Kier molecular flexibility index (Phi) is 27.0. The lowest BCUT2D eigenvalue weighted by Gasteiger charge is -2.02. The van der Waals surface area contributed by atoms with Gasteiger partial charge in [-0.25, -0.2) is 0 Å². The summed E-state index contributed by atoms with van der Waals surface area (Å²) in [5.74, 6) is 9.52. The van der Waals surface area contributed by atoms with E-state index in [4.69, 9.17) is 5.11 Å². The van der Waals surface area contributed by atoms with Crippen molar-refractivity contribution < 1.29 is 9.90 Å². The summed E-state index contributed by atoms with van der Waals surface area (Å²) in [6.07, 6.45) is 27.4. The van der Waals surface area contributed by atoms with Gasteiger partial charge in [-0.05, 0) is 36.4 Å². The summed E-state index contributed by atoms with van der Waals surface area (Å²) in [6, 6.07) is 0. The lowest BCUT2D eigenvalue weighted by Crippen LogP contribution is -1.93. The van der Waals surface area contributed by atoms with Gasteiger partial charge in [-0.2, -0.15) is 0 Å². The molecular weight excluding hydrogens is 412 g/mol. The molecule has 2 nitrogen and oxygen atoms in total. The minimum atomic E-state index is -0.681. The Bertz CT molecular complexity index is 521. The zero-order valence-electron chi connectivity index (χ0n) is 21.0. The van der Waals surface area contributed by atoms with Crippen LogP contribution in [0.3, 0.4) is 0 Å². The van der Waals surface area contributed by atoms with Crippen molar-refractivity contribution in [2.45, 2.75) is 148 Å². The molecule has 0 fully saturated rings. The van der Waals surface area contributed by atoms with Gasteiger partial charge in [0.15, 0.2) is 0 Å². The van der Waals surface area contributed by atoms with E-state index in [1.54, 1.807) is 11.8 Å². The van der Waals surface area contributed by atoms with Crippen LogP contribution in [0.25, 0.3) is 0 Å². The number of unbranched alkanes of at least 4 members (excludes halogenated alkanes) is 19. The first-order valence-electron chi connectivity index (χ1n) is 13.6. The van der Waals surface area contributed by atoms with Gasteiger partial charge in [-0.1, -0.05) is 134 Å². The number of hydrogen-bond acceptors (Lipinski definition) is 2. The highest BCUT2D eigenvalue weighted by atomic mass is 32.2. The van der Waals surface area contributed by atoms with Crippen molar-refractivity contribution in [1.82, 2.24) is 0 Å². The van der Waals surface area contributed by atoms with E-state index in [1.165, 1.54) is 103 Å². The van der Waals surface area contributed by atoms with Crippen LogP contribution in [0.2, 0.25) is 0 Å². The molecule has 0 rings (SSSR count). The van der Waals surface area contributed by atoms with E-state index >= 15 is 0 Å². The summed E-state index contributed by atoms with van der Waals surface area (Å²) in [6.45, 7) is 2.28. The van der Waals surface area contributed by atoms with Crippen molar-refractivity contribution in [2.24, 2.45) is 0 Å². The molecule has 3 heteroatoms. The van der Waals surface area contributed by atoms with Crippen LogP contribution in [-0.2, 0) is 4.79 Å². The van der Waals surface area contributed by atoms with Crippen LogP contribution in [0.15, 0.2) is 0 Å². The van der Waals surface area contributed by atoms with Gasteiger partial charge in [0.25, 0.3) is 0 Å². The van der Waals surface area contributed by atoms with Gasteiger partial charge in [0.1, 0.15) is 0 Å². The molecule has 0 aliphatic heterocycles. The first kappa shape index (κ1) is 30.9. The quantitative estimate of drug-likeness (QED) is 0.121. The second-order valence-electron chi connectivity index (χ2n) is 8.99. The average molecular weight is 463 g/mol. The second-order valence-corrected chi connectivity index (χ2v) is 9.89. The molecule has 32 heavy (non-hydrogen) atoms. The van der Waals surface area contributed by atoms with E-state index in [2.05, 4.69) is 29.9 Å². The normalized spacial score (nSPS) is 10.3. The van der Waals surface area contributed by atoms with Crippen LogP contribution < -0.4 is 0 Å².